The first kappa shape index (κ1) is 40.9. The lowest BCUT2D eigenvalue weighted by molar-refractivity contribution is -0.140. The molecular weight excluding hydrogens is 741 g/mol. The van der Waals surface area contributed by atoms with E-state index in [0.29, 0.717) is 41.2 Å². The smallest absolute Gasteiger partial charge is 0.265 e. The lowest BCUT2D eigenvalue weighted by Gasteiger charge is -2.55. The highest BCUT2D eigenvalue weighted by Crippen LogP contribution is 2.59. The van der Waals surface area contributed by atoms with Gasteiger partial charge in [0, 0.05) is 34.4 Å². The van der Waals surface area contributed by atoms with E-state index in [1.54, 1.807) is 7.11 Å². The number of likely N-dealkylation sites (tertiary alicyclic amines) is 1. The monoisotopic (exact) mass is 798 g/mol. The summed E-state index contributed by atoms with van der Waals surface area (Å²) in [6.45, 7) is 13.1. The molecule has 2 aromatic carbocycles. The minimum absolute atomic E-state index is 0.00440. The number of methoxy groups -OCH3 is 1. The van der Waals surface area contributed by atoms with Crippen molar-refractivity contribution >= 4 is 37.2 Å². The second-order valence-corrected chi connectivity index (χ2v) is 22.8. The van der Waals surface area contributed by atoms with Gasteiger partial charge in [-0.25, -0.2) is 0 Å². The van der Waals surface area contributed by atoms with Gasteiger partial charge in [0.15, 0.2) is 19.7 Å². The zero-order chi connectivity index (χ0) is 41.2. The lowest BCUT2D eigenvalue weighted by Crippen LogP contribution is -2.68. The van der Waals surface area contributed by atoms with Crippen LogP contribution in [0.15, 0.2) is 46.5 Å². The largest absolute Gasteiger partial charge is 0.507 e. The summed E-state index contributed by atoms with van der Waals surface area (Å²) in [5, 5.41) is 19.6. The van der Waals surface area contributed by atoms with Crippen LogP contribution >= 0.6 is 0 Å². The van der Waals surface area contributed by atoms with Crippen molar-refractivity contribution in [1.29, 1.82) is 0 Å². The van der Waals surface area contributed by atoms with Gasteiger partial charge in [-0.05, 0) is 101 Å². The molecule has 7 rings (SSSR count). The molecule has 1 unspecified atom stereocenters. The molecule has 306 valence electrons. The Bertz CT molecular complexity index is 2100. The fourth-order valence-corrected chi connectivity index (χ4v) is 10.7. The topological polar surface area (TPSA) is 144 Å². The summed E-state index contributed by atoms with van der Waals surface area (Å²) in [4.78, 5) is 49.1. The molecular formula is C44H58N4O8Si. The minimum atomic E-state index is -2.90. The van der Waals surface area contributed by atoms with Crippen molar-refractivity contribution in [3.05, 3.63) is 75.5 Å². The Kier molecular flexibility index (Phi) is 10.9. The minimum Gasteiger partial charge on any atom is -0.507 e. The summed E-state index contributed by atoms with van der Waals surface area (Å²) >= 11 is 0. The molecule has 3 aromatic rings. The third-order valence-corrected chi connectivity index (χ3v) is 17.8. The first-order valence-corrected chi connectivity index (χ1v) is 23.1. The summed E-state index contributed by atoms with van der Waals surface area (Å²) in [5.74, 6) is -1.76. The Morgan fingerprint density at radius 1 is 1.11 bits per heavy atom. The van der Waals surface area contributed by atoms with Crippen LogP contribution < -0.4 is 14.8 Å². The number of ketones is 2. The maximum atomic E-state index is 15.8. The van der Waals surface area contributed by atoms with Gasteiger partial charge in [-0.15, -0.1) is 0 Å². The third-order valence-electron chi connectivity index (χ3n) is 13.3. The SMILES string of the molecule is COc1cc(NC(=O)C2CCCCCN2C)c(C)c2c1C[C@H]1C[C@H]3[C@H](N(C)C)c4onc(OCc5ccccc5)c4C(=O)[C@@]3(O[Si](C)(C)C(C)(C)C)C(=O)C1=C2O. The Labute approximate surface area is 337 Å². The molecule has 1 aliphatic heterocycles. The first-order valence-electron chi connectivity index (χ1n) is 20.2. The van der Waals surface area contributed by atoms with Crippen LogP contribution in [0, 0.1) is 18.8 Å². The number of hydrogen-bond donors (Lipinski definition) is 2. The number of nitrogens with one attached hydrogen (secondary N) is 1. The zero-order valence-corrected chi connectivity index (χ0v) is 36.1. The van der Waals surface area contributed by atoms with E-state index < -0.39 is 43.4 Å². The van der Waals surface area contributed by atoms with Crippen molar-refractivity contribution in [3.8, 4) is 11.6 Å². The van der Waals surface area contributed by atoms with Gasteiger partial charge in [-0.2, -0.15) is 0 Å². The molecule has 0 radical (unpaired) electrons. The fourth-order valence-electron chi connectivity index (χ4n) is 9.29. The maximum Gasteiger partial charge on any atom is 0.265 e. The fraction of sp³-hybridized carbons (Fsp3) is 0.545. The van der Waals surface area contributed by atoms with Crippen LogP contribution in [0.2, 0.25) is 18.1 Å². The van der Waals surface area contributed by atoms with Gasteiger partial charge in [0.05, 0.1) is 19.2 Å². The van der Waals surface area contributed by atoms with Gasteiger partial charge in [0.25, 0.3) is 5.88 Å². The number of Topliss-reactive ketones (excluding diaryl/α,β-unsaturated/α-hetero) is 2. The van der Waals surface area contributed by atoms with Crippen molar-refractivity contribution in [3.63, 3.8) is 0 Å². The predicted octanol–water partition coefficient (Wildman–Crippen LogP) is 7.67. The van der Waals surface area contributed by atoms with Crippen LogP contribution in [0.3, 0.4) is 0 Å². The predicted molar refractivity (Wildman–Crippen MR) is 220 cm³/mol. The number of likely N-dealkylation sites (N-methyl/N-ethyl adjacent to an activating group) is 1. The van der Waals surface area contributed by atoms with Crippen molar-refractivity contribution in [2.75, 3.05) is 40.1 Å². The lowest BCUT2D eigenvalue weighted by atomic mass is 9.57. The van der Waals surface area contributed by atoms with E-state index >= 15 is 9.59 Å². The van der Waals surface area contributed by atoms with E-state index in [2.05, 4.69) is 36.1 Å². The van der Waals surface area contributed by atoms with Crippen LogP contribution in [0.4, 0.5) is 5.69 Å². The van der Waals surface area contributed by atoms with Crippen molar-refractivity contribution in [2.24, 2.45) is 11.8 Å². The number of rotatable bonds is 9. The summed E-state index contributed by atoms with van der Waals surface area (Å²) in [5.41, 5.74) is 1.42. The molecule has 2 N–H and O–H groups in total. The Hall–Kier alpha value is -4.30. The molecule has 13 heteroatoms. The van der Waals surface area contributed by atoms with Crippen LogP contribution in [-0.2, 0) is 27.0 Å². The number of fused-ring (bicyclic) bond motifs is 4. The Balaban J connectivity index is 1.38. The zero-order valence-electron chi connectivity index (χ0n) is 35.1. The molecule has 0 bridgehead atoms. The van der Waals surface area contributed by atoms with Gasteiger partial charge in [-0.1, -0.05) is 63.9 Å². The van der Waals surface area contributed by atoms with Crippen LogP contribution in [0.5, 0.6) is 11.6 Å². The number of benzene rings is 2. The molecule has 1 saturated carbocycles. The number of anilines is 1. The second-order valence-electron chi connectivity index (χ2n) is 18.1. The molecule has 4 aliphatic rings. The number of hydrogen-bond acceptors (Lipinski definition) is 11. The van der Waals surface area contributed by atoms with Crippen molar-refractivity contribution < 1.29 is 37.9 Å². The highest BCUT2D eigenvalue weighted by atomic mass is 28.4. The van der Waals surface area contributed by atoms with Crippen LogP contribution in [0.1, 0.15) is 97.3 Å². The molecule has 1 aromatic heterocycles. The standard InChI is InChI=1S/C44H58N4O8Si/c1-25-30(45-41(52)31-19-15-12-16-20-48(31)7)23-32(53-8)28-21-27-22-29-36(47(5)6)38-35(42(46-55-38)54-24-26-17-13-11-14-18-26)40(51)44(29,56-57(9,10)43(2,3)4)39(50)34(27)37(49)33(25)28/h11,13-14,17-18,23,27,29,31,36,49H,12,15-16,19-22,24H2,1-10H3,(H,45,52)/t27-,29-,31?,36-,44-/m0/s1. The molecule has 57 heavy (non-hydrogen) atoms. The van der Waals surface area contributed by atoms with Crippen molar-refractivity contribution in [2.45, 2.75) is 109 Å². The second kappa shape index (κ2) is 15.1. The van der Waals surface area contributed by atoms with Crippen LogP contribution in [0.25, 0.3) is 5.76 Å². The molecule has 5 atom stereocenters. The third kappa shape index (κ3) is 6.83. The highest BCUT2D eigenvalue weighted by molar-refractivity contribution is 6.74. The molecule has 3 aliphatic carbocycles. The molecule has 2 heterocycles. The molecule has 0 spiro atoms. The normalized spacial score (nSPS) is 25.3. The van der Waals surface area contributed by atoms with E-state index in [9.17, 15) is 9.90 Å². The maximum absolute atomic E-state index is 15.8. The first-order chi connectivity index (χ1) is 26.9. The van der Waals surface area contributed by atoms with E-state index in [4.69, 9.17) is 18.4 Å². The summed E-state index contributed by atoms with van der Waals surface area (Å²) < 4.78 is 25.4. The van der Waals surface area contributed by atoms with Crippen molar-refractivity contribution in [1.82, 2.24) is 15.0 Å². The molecule has 1 amide bonds. The number of nitrogens with zero attached hydrogens (tertiary/aromatic N) is 3. The van der Waals surface area contributed by atoms with Gasteiger partial charge < -0.3 is 28.8 Å². The Morgan fingerprint density at radius 3 is 2.49 bits per heavy atom. The highest BCUT2D eigenvalue weighted by Gasteiger charge is 2.69. The molecule has 2 fully saturated rings. The Morgan fingerprint density at radius 2 is 1.82 bits per heavy atom. The van der Waals surface area contributed by atoms with Gasteiger partial charge in [-0.3, -0.25) is 24.2 Å². The number of aromatic nitrogens is 1. The molecule has 12 nitrogen and oxygen atoms in total. The summed E-state index contributed by atoms with van der Waals surface area (Å²) in [7, 11) is 4.43. The number of aliphatic hydroxyl groups excluding tert-OH is 1. The number of carbonyl (C=O) groups excluding carboxylic acids is 3. The van der Waals surface area contributed by atoms with E-state index in [1.807, 2.05) is 82.5 Å². The quantitative estimate of drug-likeness (QED) is 0.163. The van der Waals surface area contributed by atoms with E-state index in [1.165, 1.54) is 0 Å². The van der Waals surface area contributed by atoms with Gasteiger partial charge in [0.1, 0.15) is 23.7 Å². The number of aliphatic hydroxyl groups is 1. The number of amides is 1. The van der Waals surface area contributed by atoms with E-state index in [0.717, 1.165) is 43.4 Å². The number of ether oxygens (including phenoxy) is 2. The number of carbonyl (C=O) groups is 3. The van der Waals surface area contributed by atoms with Gasteiger partial charge in [0.2, 0.25) is 17.5 Å². The summed E-state index contributed by atoms with van der Waals surface area (Å²) in [6, 6.07) is 10.5. The average molecular weight is 799 g/mol. The van der Waals surface area contributed by atoms with Crippen LogP contribution in [-0.4, -0.2) is 92.3 Å². The molecule has 1 saturated heterocycles. The summed E-state index contributed by atoms with van der Waals surface area (Å²) in [6.07, 6.45) is 4.55. The van der Waals surface area contributed by atoms with E-state index in [-0.39, 0.29) is 46.4 Å². The van der Waals surface area contributed by atoms with Gasteiger partial charge >= 0.3 is 0 Å². The average Bonchev–Trinajstić information content (AvgIpc) is 3.44.